The molecule has 0 saturated carbocycles. The number of para-hydroxylation sites is 1. The maximum Gasteiger partial charge on any atom is 0.135 e. The van der Waals surface area contributed by atoms with E-state index in [9.17, 15) is 1.37 Å². The molecule has 8 aromatic rings. The lowest BCUT2D eigenvalue weighted by Gasteiger charge is -2.24. The van der Waals surface area contributed by atoms with Gasteiger partial charge in [-0.1, -0.05) is 146 Å². The fraction of sp³-hybridized carbons (Fsp3) is 0. The molecule has 9 rings (SSSR count). The number of hydrogen-bond acceptors (Lipinski definition) is 1. The van der Waals surface area contributed by atoms with Crippen LogP contribution in [0.4, 0.5) is 0 Å². The van der Waals surface area contributed by atoms with Gasteiger partial charge in [0.15, 0.2) is 0 Å². The predicted octanol–water partition coefficient (Wildman–Crippen LogP) is 11.9. The number of hydrogen-bond donors (Lipinski definition) is 0. The van der Waals surface area contributed by atoms with Crippen LogP contribution in [0.3, 0.4) is 0 Å². The zero-order chi connectivity index (χ0) is 29.2. The summed E-state index contributed by atoms with van der Waals surface area (Å²) in [5.74, 6) is 1.75. The summed E-state index contributed by atoms with van der Waals surface area (Å²) in [6.45, 7) is 0. The van der Waals surface area contributed by atoms with Crippen molar-refractivity contribution < 1.29 is 6.11 Å². The molecule has 0 aromatic heterocycles. The lowest BCUT2D eigenvalue weighted by atomic mass is 9.83. The third-order valence-corrected chi connectivity index (χ3v) is 8.79. The van der Waals surface area contributed by atoms with Crippen molar-refractivity contribution in [2.75, 3.05) is 0 Å². The lowest BCUT2D eigenvalue weighted by molar-refractivity contribution is 0.487. The van der Waals surface area contributed by atoms with Crippen molar-refractivity contribution in [1.82, 2.24) is 0 Å². The zero-order valence-electron chi connectivity index (χ0n) is 24.3. The van der Waals surface area contributed by atoms with Crippen LogP contribution in [0.1, 0.15) is 1.37 Å². The Morgan fingerprint density at radius 2 is 0.930 bits per heavy atom. The second-order valence-electron chi connectivity index (χ2n) is 11.1. The first-order chi connectivity index (χ1) is 21.8. The Bertz CT molecular complexity index is 2410. The summed E-state index contributed by atoms with van der Waals surface area (Å²) in [5, 5.41) is 6.61. The molecule has 0 aliphatic carbocycles. The second kappa shape index (κ2) is 9.44. The van der Waals surface area contributed by atoms with Crippen molar-refractivity contribution >= 4 is 32.3 Å². The largest absolute Gasteiger partial charge is 0.456 e. The molecule has 1 heteroatoms. The molecule has 0 spiro atoms. The molecule has 1 nitrogen and oxygen atoms in total. The van der Waals surface area contributed by atoms with E-state index in [1.807, 2.05) is 30.3 Å². The van der Waals surface area contributed by atoms with Crippen molar-refractivity contribution in [3.63, 3.8) is 0 Å². The van der Waals surface area contributed by atoms with Crippen molar-refractivity contribution in [1.29, 1.82) is 0 Å². The summed E-state index contributed by atoms with van der Waals surface area (Å²) < 4.78 is 15.7. The smallest absolute Gasteiger partial charge is 0.135 e. The van der Waals surface area contributed by atoms with Crippen LogP contribution >= 0.6 is 0 Å². The molecular formula is C42H26O. The van der Waals surface area contributed by atoms with Crippen LogP contribution in [0.15, 0.2) is 158 Å². The normalized spacial score (nSPS) is 12.2. The highest BCUT2D eigenvalue weighted by atomic mass is 16.5. The number of rotatable bonds is 3. The maximum absolute atomic E-state index is 9.25. The van der Waals surface area contributed by atoms with Gasteiger partial charge in [-0.2, -0.15) is 0 Å². The zero-order valence-corrected chi connectivity index (χ0v) is 23.3. The Balaban J connectivity index is 1.35. The summed E-state index contributed by atoms with van der Waals surface area (Å²) >= 11 is 0. The first kappa shape index (κ1) is 23.0. The number of fused-ring (bicyclic) bond motifs is 4. The van der Waals surface area contributed by atoms with Crippen LogP contribution in [-0.4, -0.2) is 0 Å². The Morgan fingerprint density at radius 1 is 0.349 bits per heavy atom. The molecule has 1 heterocycles. The van der Waals surface area contributed by atoms with Crippen molar-refractivity contribution in [2.24, 2.45) is 0 Å². The van der Waals surface area contributed by atoms with Crippen molar-refractivity contribution in [3.05, 3.63) is 158 Å². The molecule has 0 atom stereocenters. The van der Waals surface area contributed by atoms with E-state index in [1.165, 1.54) is 22.1 Å². The van der Waals surface area contributed by atoms with Gasteiger partial charge in [0, 0.05) is 10.9 Å². The van der Waals surface area contributed by atoms with Crippen molar-refractivity contribution in [3.8, 4) is 56.0 Å². The first-order valence-electron chi connectivity index (χ1n) is 15.2. The molecule has 200 valence electrons. The van der Waals surface area contributed by atoms with E-state index >= 15 is 0 Å². The van der Waals surface area contributed by atoms with Crippen LogP contribution in [-0.2, 0) is 0 Å². The summed E-state index contributed by atoms with van der Waals surface area (Å²) in [7, 11) is 0. The van der Waals surface area contributed by atoms with Gasteiger partial charge in [0.25, 0.3) is 0 Å². The highest BCUT2D eigenvalue weighted by Crippen LogP contribution is 2.51. The predicted molar refractivity (Wildman–Crippen MR) is 181 cm³/mol. The average molecular weight is 548 g/mol. The third kappa shape index (κ3) is 3.65. The summed E-state index contributed by atoms with van der Waals surface area (Å²) in [4.78, 5) is 0. The van der Waals surface area contributed by atoms with E-state index in [0.717, 1.165) is 66.2 Å². The molecule has 0 bridgehead atoms. The monoisotopic (exact) mass is 547 g/mol. The Morgan fingerprint density at radius 3 is 1.77 bits per heavy atom. The lowest BCUT2D eigenvalue weighted by Crippen LogP contribution is -1.98. The Kier molecular flexibility index (Phi) is 5.04. The van der Waals surface area contributed by atoms with Crippen molar-refractivity contribution in [2.45, 2.75) is 0 Å². The van der Waals surface area contributed by atoms with Crippen LogP contribution in [0.25, 0.3) is 76.8 Å². The molecule has 0 fully saturated rings. The van der Waals surface area contributed by atoms with Gasteiger partial charge >= 0.3 is 0 Å². The second-order valence-corrected chi connectivity index (χ2v) is 11.1. The SMILES string of the molecule is [2H]c1cccc2c(-c3ccc(-c4ccccc4)cc3)c3ccccc3c(-c3ccc4c5c(cccc35)Oc3ccccc3-4)c12. The summed E-state index contributed by atoms with van der Waals surface area (Å²) in [6, 6.07) is 53.6. The van der Waals surface area contributed by atoms with E-state index < -0.39 is 0 Å². The van der Waals surface area contributed by atoms with E-state index in [4.69, 9.17) is 4.74 Å². The Labute approximate surface area is 251 Å². The molecule has 43 heavy (non-hydrogen) atoms. The topological polar surface area (TPSA) is 9.23 Å². The molecular weight excluding hydrogens is 520 g/mol. The fourth-order valence-corrected chi connectivity index (χ4v) is 6.90. The van der Waals surface area contributed by atoms with Gasteiger partial charge in [-0.05, 0) is 78.0 Å². The average Bonchev–Trinajstić information content (AvgIpc) is 3.08. The van der Waals surface area contributed by atoms with Crippen LogP contribution in [0, 0.1) is 0 Å². The van der Waals surface area contributed by atoms with E-state index in [0.29, 0.717) is 6.04 Å². The Hall–Kier alpha value is -5.66. The van der Waals surface area contributed by atoms with Gasteiger partial charge in [-0.15, -0.1) is 0 Å². The first-order valence-corrected chi connectivity index (χ1v) is 14.7. The minimum atomic E-state index is 0.521. The van der Waals surface area contributed by atoms with Crippen LogP contribution in [0.2, 0.25) is 0 Å². The summed E-state index contributed by atoms with van der Waals surface area (Å²) in [6.07, 6.45) is 0. The van der Waals surface area contributed by atoms with E-state index in [1.54, 1.807) is 0 Å². The molecule has 0 amide bonds. The molecule has 0 saturated heterocycles. The fourth-order valence-electron chi connectivity index (χ4n) is 6.90. The highest BCUT2D eigenvalue weighted by Gasteiger charge is 2.23. The molecule has 0 radical (unpaired) electrons. The number of benzene rings is 8. The van der Waals surface area contributed by atoms with Crippen LogP contribution < -0.4 is 4.74 Å². The standard InChI is InChI=1S/C42H26O/c1-2-11-27(12-3-1)28-21-23-29(24-22-28)40-31-14-4-6-16-33(31)41(34-17-7-5-15-32(34)40)37-26-25-36-30-13-8-9-19-38(30)43-39-20-10-18-35(37)42(36)39/h1-26H/i16D. The third-order valence-electron chi connectivity index (χ3n) is 8.79. The molecule has 8 aromatic carbocycles. The maximum atomic E-state index is 9.25. The minimum absolute atomic E-state index is 0.521. The minimum Gasteiger partial charge on any atom is -0.456 e. The molecule has 1 aliphatic heterocycles. The van der Waals surface area contributed by atoms with Gasteiger partial charge < -0.3 is 4.74 Å². The highest BCUT2D eigenvalue weighted by molar-refractivity contribution is 6.24. The number of ether oxygens (including phenoxy) is 1. The molecule has 0 unspecified atom stereocenters. The summed E-state index contributed by atoms with van der Waals surface area (Å²) in [5.41, 5.74) is 9.18. The van der Waals surface area contributed by atoms with Gasteiger partial charge in [0.2, 0.25) is 0 Å². The van der Waals surface area contributed by atoms with Gasteiger partial charge in [0.1, 0.15) is 11.5 Å². The van der Waals surface area contributed by atoms with E-state index in [-0.39, 0.29) is 0 Å². The van der Waals surface area contributed by atoms with Gasteiger partial charge in [-0.3, -0.25) is 0 Å². The van der Waals surface area contributed by atoms with Gasteiger partial charge in [0.05, 0.1) is 1.37 Å². The molecule has 0 N–H and O–H groups in total. The quantitative estimate of drug-likeness (QED) is 0.200. The van der Waals surface area contributed by atoms with E-state index in [2.05, 4.69) is 121 Å². The molecule has 1 aliphatic rings. The van der Waals surface area contributed by atoms with Gasteiger partial charge in [-0.25, -0.2) is 0 Å². The van der Waals surface area contributed by atoms with Crippen LogP contribution in [0.5, 0.6) is 11.5 Å².